The highest BCUT2D eigenvalue weighted by Gasteiger charge is 2.20. The van der Waals surface area contributed by atoms with Gasteiger partial charge in [0.05, 0.1) is 0 Å². The van der Waals surface area contributed by atoms with Crippen molar-refractivity contribution in [3.63, 3.8) is 0 Å². The van der Waals surface area contributed by atoms with E-state index in [0.29, 0.717) is 17.5 Å². The van der Waals surface area contributed by atoms with Crippen LogP contribution in [0, 0.1) is 11.3 Å². The highest BCUT2D eigenvalue weighted by Crippen LogP contribution is 2.19. The van der Waals surface area contributed by atoms with Crippen LogP contribution in [-0.4, -0.2) is 24.1 Å². The van der Waals surface area contributed by atoms with E-state index in [4.69, 9.17) is 11.1 Å². The Balaban J connectivity index is 1.65. The molecular weight excluding hydrogens is 374 g/mol. The molecule has 5 heteroatoms. The quantitative estimate of drug-likeness (QED) is 0.305. The Morgan fingerprint density at radius 1 is 0.967 bits per heavy atom. The van der Waals surface area contributed by atoms with Crippen molar-refractivity contribution < 1.29 is 9.59 Å². The molecule has 0 aliphatic rings. The molecule has 0 saturated carbocycles. The summed E-state index contributed by atoms with van der Waals surface area (Å²) in [6, 6.07) is 24.3. The predicted molar refractivity (Wildman–Crippen MR) is 120 cm³/mol. The number of carbonyl (C=O) groups excluding carboxylic acids is 2. The second-order valence-corrected chi connectivity index (χ2v) is 7.32. The Bertz CT molecular complexity index is 1030. The summed E-state index contributed by atoms with van der Waals surface area (Å²) in [4.78, 5) is 24.3. The van der Waals surface area contributed by atoms with E-state index in [-0.39, 0.29) is 23.7 Å². The third-order valence-electron chi connectivity index (χ3n) is 5.14. The lowest BCUT2D eigenvalue weighted by atomic mass is 9.93. The standard InChI is InChI=1S/C25H25N3O2/c1-17(23(16-29)15-18-6-5-9-22(14-18)24(26)27)28-25(30)21-12-10-20(11-13-21)19-7-3-2-4-8-19/h2-14,16-17,23H,15H2,1H3,(H3,26,27)(H,28,30)/t17-,23?/m1/s1. The minimum Gasteiger partial charge on any atom is -0.384 e. The van der Waals surface area contributed by atoms with Crippen LogP contribution in [-0.2, 0) is 11.2 Å². The average Bonchev–Trinajstić information content (AvgIpc) is 2.78. The molecular formula is C25H25N3O2. The molecule has 0 aliphatic heterocycles. The zero-order valence-corrected chi connectivity index (χ0v) is 16.8. The van der Waals surface area contributed by atoms with E-state index in [1.807, 2.05) is 61.5 Å². The van der Waals surface area contributed by atoms with Crippen molar-refractivity contribution in [2.24, 2.45) is 11.7 Å². The summed E-state index contributed by atoms with van der Waals surface area (Å²) in [6.45, 7) is 1.82. The van der Waals surface area contributed by atoms with E-state index in [1.54, 1.807) is 24.3 Å². The molecule has 0 radical (unpaired) electrons. The van der Waals surface area contributed by atoms with Crippen LogP contribution in [0.15, 0.2) is 78.9 Å². The van der Waals surface area contributed by atoms with Gasteiger partial charge in [-0.15, -0.1) is 0 Å². The minimum atomic E-state index is -0.389. The highest BCUT2D eigenvalue weighted by molar-refractivity contribution is 5.95. The third kappa shape index (κ3) is 5.20. The monoisotopic (exact) mass is 399 g/mol. The fourth-order valence-corrected chi connectivity index (χ4v) is 3.32. The summed E-state index contributed by atoms with van der Waals surface area (Å²) in [5.74, 6) is -0.619. The van der Waals surface area contributed by atoms with E-state index in [1.165, 1.54) is 0 Å². The van der Waals surface area contributed by atoms with Crippen molar-refractivity contribution >= 4 is 18.0 Å². The van der Waals surface area contributed by atoms with Gasteiger partial charge in [-0.1, -0.05) is 60.7 Å². The molecule has 0 aliphatic carbocycles. The number of nitrogen functional groups attached to an aromatic ring is 1. The first-order valence-corrected chi connectivity index (χ1v) is 9.83. The average molecular weight is 399 g/mol. The van der Waals surface area contributed by atoms with Crippen LogP contribution in [0.25, 0.3) is 11.1 Å². The van der Waals surface area contributed by atoms with Gasteiger partial charge in [0.15, 0.2) is 0 Å². The van der Waals surface area contributed by atoms with Gasteiger partial charge < -0.3 is 15.8 Å². The summed E-state index contributed by atoms with van der Waals surface area (Å²) < 4.78 is 0. The van der Waals surface area contributed by atoms with Gasteiger partial charge in [-0.3, -0.25) is 10.2 Å². The molecule has 30 heavy (non-hydrogen) atoms. The van der Waals surface area contributed by atoms with Gasteiger partial charge in [-0.05, 0) is 48.2 Å². The van der Waals surface area contributed by atoms with Crippen molar-refractivity contribution in [2.45, 2.75) is 19.4 Å². The number of hydrogen-bond acceptors (Lipinski definition) is 3. The normalized spacial score (nSPS) is 12.6. The maximum absolute atomic E-state index is 12.6. The van der Waals surface area contributed by atoms with Crippen molar-refractivity contribution in [3.05, 3.63) is 95.6 Å². The van der Waals surface area contributed by atoms with E-state index >= 15 is 0 Å². The smallest absolute Gasteiger partial charge is 0.251 e. The number of nitrogens with two attached hydrogens (primary N) is 1. The van der Waals surface area contributed by atoms with E-state index in [9.17, 15) is 9.59 Å². The van der Waals surface area contributed by atoms with Gasteiger partial charge in [0.1, 0.15) is 12.1 Å². The fraction of sp³-hybridized carbons (Fsp3) is 0.160. The molecule has 3 aromatic carbocycles. The van der Waals surface area contributed by atoms with Crippen LogP contribution < -0.4 is 11.1 Å². The molecule has 3 aromatic rings. The second-order valence-electron chi connectivity index (χ2n) is 7.32. The van der Waals surface area contributed by atoms with Crippen molar-refractivity contribution in [1.82, 2.24) is 5.32 Å². The molecule has 4 N–H and O–H groups in total. The van der Waals surface area contributed by atoms with Gasteiger partial charge in [0.2, 0.25) is 0 Å². The van der Waals surface area contributed by atoms with Gasteiger partial charge in [-0.25, -0.2) is 0 Å². The first-order chi connectivity index (χ1) is 14.5. The van der Waals surface area contributed by atoms with E-state index in [0.717, 1.165) is 23.0 Å². The summed E-state index contributed by atoms with van der Waals surface area (Å²) in [6.07, 6.45) is 1.32. The van der Waals surface area contributed by atoms with Gasteiger partial charge in [-0.2, -0.15) is 0 Å². The summed E-state index contributed by atoms with van der Waals surface area (Å²) in [5, 5.41) is 10.5. The van der Waals surface area contributed by atoms with Crippen LogP contribution >= 0.6 is 0 Å². The largest absolute Gasteiger partial charge is 0.384 e. The molecule has 3 rings (SSSR count). The van der Waals surface area contributed by atoms with Crippen LogP contribution in [0.1, 0.15) is 28.4 Å². The molecule has 1 amide bonds. The Hall–Kier alpha value is -3.73. The topological polar surface area (TPSA) is 96.0 Å². The van der Waals surface area contributed by atoms with Crippen LogP contribution in [0.3, 0.4) is 0 Å². The number of aldehydes is 1. The maximum atomic E-state index is 12.6. The van der Waals surface area contributed by atoms with Crippen LogP contribution in [0.4, 0.5) is 0 Å². The number of rotatable bonds is 8. The van der Waals surface area contributed by atoms with Crippen molar-refractivity contribution in [2.75, 3.05) is 0 Å². The Kier molecular flexibility index (Phi) is 6.75. The predicted octanol–water partition coefficient (Wildman–Crippen LogP) is 3.81. The second kappa shape index (κ2) is 9.65. The maximum Gasteiger partial charge on any atom is 0.251 e. The number of carbonyl (C=O) groups is 2. The molecule has 5 nitrogen and oxygen atoms in total. The molecule has 0 bridgehead atoms. The molecule has 0 aromatic heterocycles. The van der Waals surface area contributed by atoms with Gasteiger partial charge in [0, 0.05) is 23.1 Å². The number of amidine groups is 1. The first-order valence-electron chi connectivity index (χ1n) is 9.83. The summed E-state index contributed by atoms with van der Waals surface area (Å²) in [7, 11) is 0. The van der Waals surface area contributed by atoms with Crippen LogP contribution in [0.5, 0.6) is 0 Å². The molecule has 0 saturated heterocycles. The summed E-state index contributed by atoms with van der Waals surface area (Å²) >= 11 is 0. The molecule has 0 spiro atoms. The Morgan fingerprint density at radius 3 is 2.27 bits per heavy atom. The molecule has 2 atom stereocenters. The molecule has 0 heterocycles. The summed E-state index contributed by atoms with van der Waals surface area (Å²) in [5.41, 5.74) is 9.73. The van der Waals surface area contributed by atoms with E-state index < -0.39 is 0 Å². The number of nitrogens with one attached hydrogen (secondary N) is 2. The van der Waals surface area contributed by atoms with Crippen LogP contribution in [0.2, 0.25) is 0 Å². The SMILES string of the molecule is C[C@@H](NC(=O)c1ccc(-c2ccccc2)cc1)C(C=O)Cc1cccc(C(=N)N)c1. The van der Waals surface area contributed by atoms with Crippen molar-refractivity contribution in [1.29, 1.82) is 5.41 Å². The Morgan fingerprint density at radius 2 is 1.63 bits per heavy atom. The highest BCUT2D eigenvalue weighted by atomic mass is 16.1. The molecule has 152 valence electrons. The lowest BCUT2D eigenvalue weighted by Gasteiger charge is -2.21. The zero-order chi connectivity index (χ0) is 21.5. The minimum absolute atomic E-state index is 0.0141. The number of amides is 1. The fourth-order valence-electron chi connectivity index (χ4n) is 3.32. The lowest BCUT2D eigenvalue weighted by molar-refractivity contribution is -0.111. The first kappa shape index (κ1) is 21.0. The molecule has 0 fully saturated rings. The van der Waals surface area contributed by atoms with E-state index in [2.05, 4.69) is 5.32 Å². The van der Waals surface area contributed by atoms with Gasteiger partial charge >= 0.3 is 0 Å². The number of hydrogen-bond donors (Lipinski definition) is 3. The lowest BCUT2D eigenvalue weighted by Crippen LogP contribution is -2.39. The Labute approximate surface area is 176 Å². The number of benzene rings is 3. The van der Waals surface area contributed by atoms with Crippen molar-refractivity contribution in [3.8, 4) is 11.1 Å². The van der Waals surface area contributed by atoms with Gasteiger partial charge in [0.25, 0.3) is 5.91 Å². The zero-order valence-electron chi connectivity index (χ0n) is 16.8. The molecule has 1 unspecified atom stereocenters. The third-order valence-corrected chi connectivity index (χ3v) is 5.14.